The second-order valence-corrected chi connectivity index (χ2v) is 8.88. The highest BCUT2D eigenvalue weighted by atomic mass is 32.2. The van der Waals surface area contributed by atoms with Crippen LogP contribution in [-0.2, 0) is 20.8 Å². The number of carbonyl (C=O) groups excluding carboxylic acids is 2. The van der Waals surface area contributed by atoms with E-state index in [0.717, 1.165) is 16.1 Å². The Kier molecular flexibility index (Phi) is 7.97. The molecule has 0 radical (unpaired) electrons. The van der Waals surface area contributed by atoms with Crippen molar-refractivity contribution in [3.05, 3.63) is 100 Å². The normalized spacial score (nSPS) is 14.3. The minimum absolute atomic E-state index is 0.128. The Labute approximate surface area is 207 Å². The molecule has 0 bridgehead atoms. The van der Waals surface area contributed by atoms with Gasteiger partial charge in [0.1, 0.15) is 5.82 Å². The second kappa shape index (κ2) is 11.3. The first-order valence-electron chi connectivity index (χ1n) is 11.0. The molecule has 0 aromatic heterocycles. The summed E-state index contributed by atoms with van der Waals surface area (Å²) in [4.78, 5) is 28.8. The van der Waals surface area contributed by atoms with Crippen molar-refractivity contribution in [2.75, 3.05) is 25.7 Å². The molecular formula is C27H25FN2O4S. The maximum Gasteiger partial charge on any atom is 0.265 e. The molecule has 4 rings (SSSR count). The van der Waals surface area contributed by atoms with E-state index < -0.39 is 6.29 Å². The quantitative estimate of drug-likeness (QED) is 0.360. The summed E-state index contributed by atoms with van der Waals surface area (Å²) in [5.74, 6) is -0.807. The van der Waals surface area contributed by atoms with Gasteiger partial charge in [0, 0.05) is 30.2 Å². The van der Waals surface area contributed by atoms with E-state index in [0.29, 0.717) is 16.0 Å². The van der Waals surface area contributed by atoms with Crippen molar-refractivity contribution in [3.8, 4) is 0 Å². The molecule has 0 unspecified atom stereocenters. The molecule has 3 aromatic carbocycles. The van der Waals surface area contributed by atoms with Crippen molar-refractivity contribution in [2.24, 2.45) is 0 Å². The number of thioether (sulfide) groups is 1. The van der Waals surface area contributed by atoms with Gasteiger partial charge in [0.2, 0.25) is 0 Å². The van der Waals surface area contributed by atoms with Crippen molar-refractivity contribution in [1.29, 1.82) is 0 Å². The lowest BCUT2D eigenvalue weighted by atomic mass is 10.1. The van der Waals surface area contributed by atoms with Crippen LogP contribution in [-0.4, -0.2) is 38.9 Å². The lowest BCUT2D eigenvalue weighted by Crippen LogP contribution is -2.34. The highest BCUT2D eigenvalue weighted by Crippen LogP contribution is 2.42. The number of carbonyl (C=O) groups is 2. The monoisotopic (exact) mass is 492 g/mol. The fourth-order valence-electron chi connectivity index (χ4n) is 3.64. The molecular weight excluding hydrogens is 467 g/mol. The molecule has 0 spiro atoms. The third kappa shape index (κ3) is 5.79. The third-order valence-corrected chi connectivity index (χ3v) is 6.62. The SMILES string of the molecule is COC(CNC(=O)c1ccc(/C=C2\Sc3ccccc3N(Cc3ccccc3F)C2=O)cc1)OC. The van der Waals surface area contributed by atoms with E-state index in [4.69, 9.17) is 9.47 Å². The number of halogens is 1. The van der Waals surface area contributed by atoms with Crippen LogP contribution < -0.4 is 10.2 Å². The highest BCUT2D eigenvalue weighted by molar-refractivity contribution is 8.04. The summed E-state index contributed by atoms with van der Waals surface area (Å²) in [5.41, 5.74) is 2.45. The van der Waals surface area contributed by atoms with Gasteiger partial charge in [-0.05, 0) is 42.0 Å². The number of nitrogens with zero attached hydrogens (tertiary/aromatic N) is 1. The molecule has 35 heavy (non-hydrogen) atoms. The summed E-state index contributed by atoms with van der Waals surface area (Å²) in [6.07, 6.45) is 1.26. The Morgan fingerprint density at radius 1 is 1.03 bits per heavy atom. The van der Waals surface area contributed by atoms with E-state index in [9.17, 15) is 14.0 Å². The predicted molar refractivity (Wildman–Crippen MR) is 134 cm³/mol. The van der Waals surface area contributed by atoms with Gasteiger partial charge >= 0.3 is 0 Å². The fourth-order valence-corrected chi connectivity index (χ4v) is 4.70. The smallest absolute Gasteiger partial charge is 0.265 e. The lowest BCUT2D eigenvalue weighted by molar-refractivity contribution is -0.114. The van der Waals surface area contributed by atoms with Gasteiger partial charge in [0.15, 0.2) is 6.29 Å². The Bertz CT molecular complexity index is 1240. The zero-order valence-electron chi connectivity index (χ0n) is 19.4. The standard InChI is InChI=1S/C27H25FN2O4S/c1-33-25(34-2)16-29-26(31)19-13-11-18(12-14-19)15-24-27(32)30(17-20-7-3-4-8-21(20)28)22-9-5-6-10-23(22)35-24/h3-15,25H,16-17H2,1-2H3,(H,29,31)/b24-15-. The summed E-state index contributed by atoms with van der Waals surface area (Å²) in [6, 6.07) is 21.0. The van der Waals surface area contributed by atoms with Crippen LogP contribution >= 0.6 is 11.8 Å². The Morgan fingerprint density at radius 3 is 2.43 bits per heavy atom. The summed E-state index contributed by atoms with van der Waals surface area (Å²) in [6.45, 7) is 0.351. The Hall–Kier alpha value is -3.46. The Morgan fingerprint density at radius 2 is 1.71 bits per heavy atom. The number of benzene rings is 3. The summed E-state index contributed by atoms with van der Waals surface area (Å²) in [5, 5.41) is 2.75. The first-order chi connectivity index (χ1) is 17.0. The zero-order chi connectivity index (χ0) is 24.8. The number of methoxy groups -OCH3 is 2. The van der Waals surface area contributed by atoms with Gasteiger partial charge in [-0.15, -0.1) is 0 Å². The first-order valence-corrected chi connectivity index (χ1v) is 11.8. The molecule has 1 heterocycles. The number of nitrogens with one attached hydrogen (secondary N) is 1. The van der Waals surface area contributed by atoms with Gasteiger partial charge in [-0.25, -0.2) is 4.39 Å². The molecule has 180 valence electrons. The molecule has 1 N–H and O–H groups in total. The molecule has 1 aliphatic rings. The van der Waals surface area contributed by atoms with Crippen molar-refractivity contribution in [3.63, 3.8) is 0 Å². The second-order valence-electron chi connectivity index (χ2n) is 7.79. The van der Waals surface area contributed by atoms with Crippen LogP contribution in [0.4, 0.5) is 10.1 Å². The molecule has 1 aliphatic heterocycles. The van der Waals surface area contributed by atoms with Gasteiger partial charge in [-0.3, -0.25) is 9.59 Å². The number of amides is 2. The van der Waals surface area contributed by atoms with Crippen molar-refractivity contribution < 1.29 is 23.5 Å². The van der Waals surface area contributed by atoms with E-state index in [1.165, 1.54) is 32.0 Å². The molecule has 0 saturated heterocycles. The van der Waals surface area contributed by atoms with Crippen LogP contribution in [0.3, 0.4) is 0 Å². The maximum atomic E-state index is 14.3. The topological polar surface area (TPSA) is 67.9 Å². The number of rotatable bonds is 8. The summed E-state index contributed by atoms with van der Waals surface area (Å²) >= 11 is 1.37. The minimum Gasteiger partial charge on any atom is -0.354 e. The largest absolute Gasteiger partial charge is 0.354 e. The number of ether oxygens (including phenoxy) is 2. The van der Waals surface area contributed by atoms with E-state index >= 15 is 0 Å². The lowest BCUT2D eigenvalue weighted by Gasteiger charge is -2.30. The number of fused-ring (bicyclic) bond motifs is 1. The molecule has 3 aromatic rings. The van der Waals surface area contributed by atoms with Crippen LogP contribution in [0.2, 0.25) is 0 Å². The summed E-state index contributed by atoms with van der Waals surface area (Å²) in [7, 11) is 3.01. The van der Waals surface area contributed by atoms with Gasteiger partial charge in [-0.2, -0.15) is 0 Å². The van der Waals surface area contributed by atoms with Gasteiger partial charge < -0.3 is 19.7 Å². The zero-order valence-corrected chi connectivity index (χ0v) is 20.2. The summed E-state index contributed by atoms with van der Waals surface area (Å²) < 4.78 is 24.5. The van der Waals surface area contributed by atoms with E-state index in [1.807, 2.05) is 24.3 Å². The van der Waals surface area contributed by atoms with Gasteiger partial charge in [0.05, 0.1) is 23.7 Å². The molecule has 6 nitrogen and oxygen atoms in total. The molecule has 0 aliphatic carbocycles. The number of hydrogen-bond donors (Lipinski definition) is 1. The molecule has 0 fully saturated rings. The van der Waals surface area contributed by atoms with Crippen molar-refractivity contribution >= 4 is 35.3 Å². The number of hydrogen-bond acceptors (Lipinski definition) is 5. The van der Waals surface area contributed by atoms with Crippen LogP contribution in [0.1, 0.15) is 21.5 Å². The molecule has 2 amide bonds. The van der Waals surface area contributed by atoms with Crippen LogP contribution in [0, 0.1) is 5.82 Å². The Balaban J connectivity index is 1.55. The van der Waals surface area contributed by atoms with Gasteiger partial charge in [-0.1, -0.05) is 54.2 Å². The van der Waals surface area contributed by atoms with E-state index in [1.54, 1.807) is 53.4 Å². The molecule has 8 heteroatoms. The van der Waals surface area contributed by atoms with Crippen LogP contribution in [0.25, 0.3) is 6.08 Å². The maximum absolute atomic E-state index is 14.3. The number of anilines is 1. The van der Waals surface area contributed by atoms with Crippen LogP contribution in [0.5, 0.6) is 0 Å². The van der Waals surface area contributed by atoms with E-state index in [-0.39, 0.29) is 30.7 Å². The minimum atomic E-state index is -0.521. The predicted octanol–water partition coefficient (Wildman–Crippen LogP) is 4.85. The first kappa shape index (κ1) is 24.7. The number of para-hydroxylation sites is 1. The van der Waals surface area contributed by atoms with Crippen LogP contribution in [0.15, 0.2) is 82.6 Å². The molecule has 0 atom stereocenters. The van der Waals surface area contributed by atoms with Crippen molar-refractivity contribution in [1.82, 2.24) is 5.32 Å². The molecule has 0 saturated carbocycles. The highest BCUT2D eigenvalue weighted by Gasteiger charge is 2.29. The fraction of sp³-hybridized carbons (Fsp3) is 0.185. The average Bonchev–Trinajstić information content (AvgIpc) is 2.88. The van der Waals surface area contributed by atoms with Crippen molar-refractivity contribution in [2.45, 2.75) is 17.7 Å². The average molecular weight is 493 g/mol. The third-order valence-electron chi connectivity index (χ3n) is 5.54. The van der Waals surface area contributed by atoms with E-state index in [2.05, 4.69) is 5.32 Å². The van der Waals surface area contributed by atoms with Gasteiger partial charge in [0.25, 0.3) is 11.8 Å².